The van der Waals surface area contributed by atoms with Crippen molar-refractivity contribution >= 4 is 33.2 Å². The normalized spacial score (nSPS) is 17.9. The minimum absolute atomic E-state index is 0.530. The van der Waals surface area contributed by atoms with Gasteiger partial charge in [0.25, 0.3) is 0 Å². The van der Waals surface area contributed by atoms with E-state index in [1.54, 1.807) is 0 Å². The lowest BCUT2D eigenvalue weighted by Crippen LogP contribution is -2.23. The van der Waals surface area contributed by atoms with Crippen LogP contribution in [0.4, 0.5) is 5.69 Å². The van der Waals surface area contributed by atoms with Crippen molar-refractivity contribution in [3.05, 3.63) is 27.7 Å². The van der Waals surface area contributed by atoms with Gasteiger partial charge in [0, 0.05) is 16.2 Å². The maximum Gasteiger partial charge on any atom is 0.0568 e. The van der Waals surface area contributed by atoms with Crippen LogP contribution in [0.1, 0.15) is 32.6 Å². The number of hydrogen-bond donors (Lipinski definition) is 1. The number of hydrogen-bond acceptors (Lipinski definition) is 1. The van der Waals surface area contributed by atoms with Crippen LogP contribution in [0.2, 0.25) is 5.02 Å². The summed E-state index contributed by atoms with van der Waals surface area (Å²) in [5.74, 6) is 0.938. The third-order valence-electron chi connectivity index (χ3n) is 3.24. The summed E-state index contributed by atoms with van der Waals surface area (Å²) in [5.41, 5.74) is 1.11. The molecule has 1 nitrogen and oxygen atoms in total. The predicted octanol–water partition coefficient (Wildman–Crippen LogP) is 5.09. The van der Waals surface area contributed by atoms with Crippen LogP contribution in [0.5, 0.6) is 0 Å². The fourth-order valence-corrected chi connectivity index (χ4v) is 2.59. The second-order valence-corrected chi connectivity index (χ2v) is 5.97. The van der Waals surface area contributed by atoms with Gasteiger partial charge in [-0.15, -0.1) is 0 Å². The van der Waals surface area contributed by atoms with Gasteiger partial charge in [0.15, 0.2) is 0 Å². The van der Waals surface area contributed by atoms with Gasteiger partial charge in [-0.2, -0.15) is 0 Å². The van der Waals surface area contributed by atoms with Crippen molar-refractivity contribution in [2.24, 2.45) is 5.92 Å². The lowest BCUT2D eigenvalue weighted by atomic mass is 9.81. The van der Waals surface area contributed by atoms with E-state index in [2.05, 4.69) is 34.2 Å². The molecule has 1 N–H and O–H groups in total. The van der Waals surface area contributed by atoms with E-state index in [0.717, 1.165) is 21.1 Å². The van der Waals surface area contributed by atoms with Crippen LogP contribution in [0.3, 0.4) is 0 Å². The van der Waals surface area contributed by atoms with E-state index < -0.39 is 0 Å². The van der Waals surface area contributed by atoms with Gasteiger partial charge >= 0.3 is 0 Å². The Morgan fingerprint density at radius 3 is 2.81 bits per heavy atom. The summed E-state index contributed by atoms with van der Waals surface area (Å²) in [5, 5.41) is 4.27. The van der Waals surface area contributed by atoms with Crippen LogP contribution in [-0.2, 0) is 0 Å². The minimum Gasteiger partial charge on any atom is -0.383 e. The number of halogens is 2. The third kappa shape index (κ3) is 3.14. The quantitative estimate of drug-likeness (QED) is 0.816. The van der Waals surface area contributed by atoms with E-state index in [0.29, 0.717) is 6.04 Å². The van der Waals surface area contributed by atoms with Gasteiger partial charge in [0.1, 0.15) is 0 Å². The van der Waals surface area contributed by atoms with Crippen LogP contribution in [0.25, 0.3) is 0 Å². The first-order chi connectivity index (χ1) is 7.65. The Morgan fingerprint density at radius 2 is 2.25 bits per heavy atom. The fraction of sp³-hybridized carbons (Fsp3) is 0.538. The van der Waals surface area contributed by atoms with Crippen molar-refractivity contribution in [3.8, 4) is 0 Å². The molecule has 0 amide bonds. The lowest BCUT2D eigenvalue weighted by molar-refractivity contribution is 0.286. The second-order valence-electron chi connectivity index (χ2n) is 4.71. The van der Waals surface area contributed by atoms with Crippen LogP contribution < -0.4 is 5.32 Å². The zero-order valence-electron chi connectivity index (χ0n) is 9.47. The Balaban J connectivity index is 1.89. The van der Waals surface area contributed by atoms with Gasteiger partial charge in [0.2, 0.25) is 0 Å². The Kier molecular flexibility index (Phi) is 4.15. The fourth-order valence-electron chi connectivity index (χ4n) is 2.16. The van der Waals surface area contributed by atoms with E-state index in [1.165, 1.54) is 25.7 Å². The first-order valence-corrected chi connectivity index (χ1v) is 7.04. The molecular weight excluding hydrogens is 286 g/mol. The molecule has 88 valence electrons. The van der Waals surface area contributed by atoms with Crippen LogP contribution in [-0.4, -0.2) is 6.04 Å². The second kappa shape index (κ2) is 5.42. The molecule has 2 rings (SSSR count). The maximum absolute atomic E-state index is 6.05. The molecule has 0 aromatic heterocycles. The monoisotopic (exact) mass is 301 g/mol. The molecule has 0 heterocycles. The van der Waals surface area contributed by atoms with Gasteiger partial charge in [0.05, 0.1) is 5.02 Å². The van der Waals surface area contributed by atoms with Crippen molar-refractivity contribution in [2.75, 3.05) is 5.32 Å². The van der Waals surface area contributed by atoms with Gasteiger partial charge in [-0.1, -0.05) is 30.9 Å². The van der Waals surface area contributed by atoms with Gasteiger partial charge in [-0.3, -0.25) is 0 Å². The summed E-state index contributed by atoms with van der Waals surface area (Å²) in [6.45, 7) is 2.24. The summed E-state index contributed by atoms with van der Waals surface area (Å²) in [6.07, 6.45) is 5.51. The summed E-state index contributed by atoms with van der Waals surface area (Å²) in [4.78, 5) is 0. The first kappa shape index (κ1) is 12.3. The standard InChI is InChI=1S/C13H17BrClN/c1-9(7-10-3-2-4-10)16-11-5-6-12(14)13(15)8-11/h5-6,8-10,16H,2-4,7H2,1H3. The SMILES string of the molecule is CC(CC1CCC1)Nc1ccc(Br)c(Cl)c1. The highest BCUT2D eigenvalue weighted by molar-refractivity contribution is 9.10. The molecule has 1 fully saturated rings. The summed E-state index contributed by atoms with van der Waals surface area (Å²) in [6, 6.07) is 6.55. The molecule has 0 bridgehead atoms. The van der Waals surface area contributed by atoms with Crippen molar-refractivity contribution in [2.45, 2.75) is 38.6 Å². The zero-order valence-corrected chi connectivity index (χ0v) is 11.8. The number of rotatable bonds is 4. The van der Waals surface area contributed by atoms with Gasteiger partial charge in [-0.25, -0.2) is 0 Å². The van der Waals surface area contributed by atoms with Crippen LogP contribution in [0, 0.1) is 5.92 Å². The van der Waals surface area contributed by atoms with E-state index in [4.69, 9.17) is 11.6 Å². The number of anilines is 1. The Morgan fingerprint density at radius 1 is 1.50 bits per heavy atom. The first-order valence-electron chi connectivity index (χ1n) is 5.87. The average molecular weight is 303 g/mol. The Bertz CT molecular complexity index is 363. The molecular formula is C13H17BrClN. The predicted molar refractivity (Wildman–Crippen MR) is 74.2 cm³/mol. The highest BCUT2D eigenvalue weighted by Crippen LogP contribution is 2.31. The number of benzene rings is 1. The largest absolute Gasteiger partial charge is 0.383 e. The van der Waals surface area contributed by atoms with Crippen LogP contribution in [0.15, 0.2) is 22.7 Å². The van der Waals surface area contributed by atoms with Crippen molar-refractivity contribution in [1.82, 2.24) is 0 Å². The molecule has 1 unspecified atom stereocenters. The molecule has 0 aliphatic heterocycles. The van der Waals surface area contributed by atoms with E-state index in [1.807, 2.05) is 12.1 Å². The van der Waals surface area contributed by atoms with Crippen molar-refractivity contribution in [3.63, 3.8) is 0 Å². The van der Waals surface area contributed by atoms with E-state index >= 15 is 0 Å². The Labute approximate surface area is 111 Å². The topological polar surface area (TPSA) is 12.0 Å². The molecule has 1 saturated carbocycles. The molecule has 1 aliphatic rings. The summed E-state index contributed by atoms with van der Waals surface area (Å²) < 4.78 is 0.950. The molecule has 0 spiro atoms. The highest BCUT2D eigenvalue weighted by atomic mass is 79.9. The molecule has 16 heavy (non-hydrogen) atoms. The minimum atomic E-state index is 0.530. The average Bonchev–Trinajstić information content (AvgIpc) is 2.18. The number of nitrogens with one attached hydrogen (secondary N) is 1. The molecule has 1 aromatic carbocycles. The molecule has 0 radical (unpaired) electrons. The van der Waals surface area contributed by atoms with Crippen molar-refractivity contribution in [1.29, 1.82) is 0 Å². The zero-order chi connectivity index (χ0) is 11.5. The van der Waals surface area contributed by atoms with E-state index in [-0.39, 0.29) is 0 Å². The van der Waals surface area contributed by atoms with E-state index in [9.17, 15) is 0 Å². The summed E-state index contributed by atoms with van der Waals surface area (Å²) >= 11 is 9.45. The lowest BCUT2D eigenvalue weighted by Gasteiger charge is -2.29. The van der Waals surface area contributed by atoms with Crippen molar-refractivity contribution < 1.29 is 0 Å². The molecule has 1 aromatic rings. The summed E-state index contributed by atoms with van der Waals surface area (Å²) in [7, 11) is 0. The highest BCUT2D eigenvalue weighted by Gasteiger charge is 2.19. The maximum atomic E-state index is 6.05. The Hall–Kier alpha value is -0.210. The molecule has 1 aliphatic carbocycles. The van der Waals surface area contributed by atoms with Gasteiger partial charge < -0.3 is 5.32 Å². The molecule has 3 heteroatoms. The van der Waals surface area contributed by atoms with Crippen LogP contribution >= 0.6 is 27.5 Å². The molecule has 0 saturated heterocycles. The van der Waals surface area contributed by atoms with Gasteiger partial charge in [-0.05, 0) is 53.4 Å². The third-order valence-corrected chi connectivity index (χ3v) is 4.48. The molecule has 1 atom stereocenters. The smallest absolute Gasteiger partial charge is 0.0568 e.